The van der Waals surface area contributed by atoms with E-state index < -0.39 is 5.97 Å². The second-order valence-corrected chi connectivity index (χ2v) is 5.27. The molecule has 1 N–H and O–H groups in total. The molecule has 118 valence electrons. The van der Waals surface area contributed by atoms with Crippen LogP contribution in [0.25, 0.3) is 22.4 Å². The molecule has 2 aromatic carbocycles. The number of rotatable bonds is 5. The normalized spacial score (nSPS) is 10.9. The molecular weight excluding hydrogens is 292 g/mol. The zero-order valence-corrected chi connectivity index (χ0v) is 13.1. The summed E-state index contributed by atoms with van der Waals surface area (Å²) in [7, 11) is 1.55. The van der Waals surface area contributed by atoms with Gasteiger partial charge in [0.2, 0.25) is 0 Å². The summed E-state index contributed by atoms with van der Waals surface area (Å²) in [4.78, 5) is 15.6. The minimum Gasteiger partial charge on any atom is -0.496 e. The molecule has 5 nitrogen and oxygen atoms in total. The van der Waals surface area contributed by atoms with Gasteiger partial charge in [-0.3, -0.25) is 4.79 Å². The monoisotopic (exact) mass is 310 g/mol. The van der Waals surface area contributed by atoms with Gasteiger partial charge in [-0.15, -0.1) is 0 Å². The number of carboxylic acid groups (broad SMARTS) is 1. The van der Waals surface area contributed by atoms with Crippen molar-refractivity contribution in [2.45, 2.75) is 19.9 Å². The van der Waals surface area contributed by atoms with Gasteiger partial charge < -0.3 is 14.4 Å². The Morgan fingerprint density at radius 3 is 2.74 bits per heavy atom. The Hall–Kier alpha value is -2.82. The van der Waals surface area contributed by atoms with E-state index >= 15 is 0 Å². The molecule has 1 aromatic heterocycles. The van der Waals surface area contributed by atoms with Gasteiger partial charge >= 0.3 is 5.97 Å². The molecule has 0 aliphatic heterocycles. The second-order valence-electron chi connectivity index (χ2n) is 5.27. The van der Waals surface area contributed by atoms with Crippen molar-refractivity contribution in [1.82, 2.24) is 9.55 Å². The summed E-state index contributed by atoms with van der Waals surface area (Å²) in [6.07, 6.45) is -0.0619. The summed E-state index contributed by atoms with van der Waals surface area (Å²) < 4.78 is 7.50. The number of aryl methyl sites for hydroxylation is 1. The Kier molecular flexibility index (Phi) is 4.02. The van der Waals surface area contributed by atoms with Crippen LogP contribution < -0.4 is 4.74 Å². The highest BCUT2D eigenvalue weighted by atomic mass is 16.5. The molecule has 0 radical (unpaired) electrons. The van der Waals surface area contributed by atoms with Crippen molar-refractivity contribution in [2.75, 3.05) is 7.11 Å². The standard InChI is InChI=1S/C18H18N2O3/c1-3-20-15-7-5-4-6-14(15)19-18(20)13-9-8-12(11-17(21)22)16(10-13)23-2/h4-10H,3,11H2,1-2H3,(H,21,22). The van der Waals surface area contributed by atoms with Crippen LogP contribution in [0, 0.1) is 0 Å². The molecule has 0 fully saturated rings. The molecule has 0 saturated heterocycles. The smallest absolute Gasteiger partial charge is 0.307 e. The van der Waals surface area contributed by atoms with Gasteiger partial charge in [0.15, 0.2) is 0 Å². The highest BCUT2D eigenvalue weighted by molar-refractivity contribution is 5.81. The van der Waals surface area contributed by atoms with E-state index in [-0.39, 0.29) is 6.42 Å². The summed E-state index contributed by atoms with van der Waals surface area (Å²) in [6, 6.07) is 13.5. The van der Waals surface area contributed by atoms with Crippen LogP contribution in [0.5, 0.6) is 5.75 Å². The van der Waals surface area contributed by atoms with E-state index in [9.17, 15) is 4.79 Å². The summed E-state index contributed by atoms with van der Waals surface area (Å²) in [5, 5.41) is 8.98. The van der Waals surface area contributed by atoms with E-state index in [1.165, 1.54) is 0 Å². The third-order valence-corrected chi connectivity index (χ3v) is 3.86. The Balaban J connectivity index is 2.13. The molecule has 0 spiro atoms. The number of aliphatic carboxylic acids is 1. The Morgan fingerprint density at radius 1 is 1.26 bits per heavy atom. The topological polar surface area (TPSA) is 64.4 Å². The van der Waals surface area contributed by atoms with E-state index in [0.29, 0.717) is 11.3 Å². The molecule has 5 heteroatoms. The fraction of sp³-hybridized carbons (Fsp3) is 0.222. The van der Waals surface area contributed by atoms with Crippen molar-refractivity contribution in [2.24, 2.45) is 0 Å². The van der Waals surface area contributed by atoms with Crippen molar-refractivity contribution in [1.29, 1.82) is 0 Å². The lowest BCUT2D eigenvalue weighted by Gasteiger charge is -2.10. The van der Waals surface area contributed by atoms with E-state index in [4.69, 9.17) is 14.8 Å². The van der Waals surface area contributed by atoms with Gasteiger partial charge in [0.05, 0.1) is 24.6 Å². The molecule has 0 saturated carbocycles. The highest BCUT2D eigenvalue weighted by Crippen LogP contribution is 2.29. The van der Waals surface area contributed by atoms with Crippen molar-refractivity contribution < 1.29 is 14.6 Å². The van der Waals surface area contributed by atoms with Gasteiger partial charge in [0.25, 0.3) is 0 Å². The third kappa shape index (κ3) is 2.77. The number of hydrogen-bond acceptors (Lipinski definition) is 3. The zero-order valence-electron chi connectivity index (χ0n) is 13.1. The van der Waals surface area contributed by atoms with Crippen LogP contribution in [0.15, 0.2) is 42.5 Å². The molecule has 0 bridgehead atoms. The maximum Gasteiger partial charge on any atom is 0.307 e. The first kappa shape index (κ1) is 15.1. The zero-order chi connectivity index (χ0) is 16.4. The predicted octanol–water partition coefficient (Wildman–Crippen LogP) is 3.36. The minimum atomic E-state index is -0.878. The average Bonchev–Trinajstić information content (AvgIpc) is 2.93. The molecule has 0 amide bonds. The Morgan fingerprint density at radius 2 is 2.04 bits per heavy atom. The number of methoxy groups -OCH3 is 1. The molecular formula is C18H18N2O3. The van der Waals surface area contributed by atoms with Crippen molar-refractivity contribution >= 4 is 17.0 Å². The van der Waals surface area contributed by atoms with E-state index in [1.54, 1.807) is 13.2 Å². The maximum absolute atomic E-state index is 10.9. The molecule has 0 unspecified atom stereocenters. The number of aromatic nitrogens is 2. The van der Waals surface area contributed by atoms with Gasteiger partial charge in [-0.25, -0.2) is 4.98 Å². The van der Waals surface area contributed by atoms with Gasteiger partial charge in [0.1, 0.15) is 11.6 Å². The summed E-state index contributed by atoms with van der Waals surface area (Å²) in [6.45, 7) is 2.88. The van der Waals surface area contributed by atoms with E-state index in [2.05, 4.69) is 11.5 Å². The number of para-hydroxylation sites is 2. The Labute approximate surface area is 134 Å². The quantitative estimate of drug-likeness (QED) is 0.785. The lowest BCUT2D eigenvalue weighted by molar-refractivity contribution is -0.136. The largest absolute Gasteiger partial charge is 0.496 e. The van der Waals surface area contributed by atoms with Crippen molar-refractivity contribution in [3.63, 3.8) is 0 Å². The number of nitrogens with zero attached hydrogens (tertiary/aromatic N) is 2. The first-order chi connectivity index (χ1) is 11.1. The van der Waals surface area contributed by atoms with Crippen LogP contribution in [0.1, 0.15) is 12.5 Å². The van der Waals surface area contributed by atoms with Gasteiger partial charge in [-0.1, -0.05) is 24.3 Å². The average molecular weight is 310 g/mol. The van der Waals surface area contributed by atoms with Crippen LogP contribution in [-0.4, -0.2) is 27.7 Å². The number of hydrogen-bond donors (Lipinski definition) is 1. The number of imidazole rings is 1. The number of benzene rings is 2. The number of fused-ring (bicyclic) bond motifs is 1. The molecule has 23 heavy (non-hydrogen) atoms. The molecule has 3 rings (SSSR count). The summed E-state index contributed by atoms with van der Waals surface area (Å²) in [5.74, 6) is 0.547. The maximum atomic E-state index is 10.9. The van der Waals surface area contributed by atoms with E-state index in [0.717, 1.165) is 29.0 Å². The summed E-state index contributed by atoms with van der Waals surface area (Å²) >= 11 is 0. The number of carbonyl (C=O) groups is 1. The first-order valence-electron chi connectivity index (χ1n) is 7.48. The van der Waals surface area contributed by atoms with Gasteiger partial charge in [-0.2, -0.15) is 0 Å². The highest BCUT2D eigenvalue weighted by Gasteiger charge is 2.14. The van der Waals surface area contributed by atoms with E-state index in [1.807, 2.05) is 36.4 Å². The Bertz CT molecular complexity index is 868. The van der Waals surface area contributed by atoms with Crippen LogP contribution >= 0.6 is 0 Å². The predicted molar refractivity (Wildman–Crippen MR) is 88.7 cm³/mol. The van der Waals surface area contributed by atoms with Crippen LogP contribution in [0.4, 0.5) is 0 Å². The molecule has 3 aromatic rings. The van der Waals surface area contributed by atoms with Crippen LogP contribution in [-0.2, 0) is 17.8 Å². The minimum absolute atomic E-state index is 0.0619. The third-order valence-electron chi connectivity index (χ3n) is 3.86. The lowest BCUT2D eigenvalue weighted by atomic mass is 10.1. The number of carboxylic acids is 1. The molecule has 0 aliphatic rings. The molecule has 0 atom stereocenters. The van der Waals surface area contributed by atoms with Gasteiger partial charge in [-0.05, 0) is 25.1 Å². The van der Waals surface area contributed by atoms with Crippen LogP contribution in [0.3, 0.4) is 0 Å². The fourth-order valence-electron chi connectivity index (χ4n) is 2.81. The summed E-state index contributed by atoms with van der Waals surface area (Å²) in [5.41, 5.74) is 3.59. The van der Waals surface area contributed by atoms with Crippen molar-refractivity contribution in [3.8, 4) is 17.1 Å². The second kappa shape index (κ2) is 6.12. The SMILES string of the molecule is CCn1c(-c2ccc(CC(=O)O)c(OC)c2)nc2ccccc21. The van der Waals surface area contributed by atoms with Gasteiger partial charge in [0, 0.05) is 17.7 Å². The lowest BCUT2D eigenvalue weighted by Crippen LogP contribution is -2.03. The van der Waals surface area contributed by atoms with Crippen molar-refractivity contribution in [3.05, 3.63) is 48.0 Å². The molecule has 0 aliphatic carbocycles. The molecule has 1 heterocycles. The van der Waals surface area contributed by atoms with Crippen LogP contribution in [0.2, 0.25) is 0 Å². The fourth-order valence-corrected chi connectivity index (χ4v) is 2.81. The first-order valence-corrected chi connectivity index (χ1v) is 7.48. The number of ether oxygens (including phenoxy) is 1.